The molecule has 0 aliphatic carbocycles. The molecule has 1 aliphatic rings. The van der Waals surface area contributed by atoms with Crippen LogP contribution in [0.15, 0.2) is 64.3 Å². The summed E-state index contributed by atoms with van der Waals surface area (Å²) in [5.41, 5.74) is 1.84. The number of nitro benzene ring substituents is 1. The largest absolute Gasteiger partial charge is 0.327 e. The molecule has 1 atom stereocenters. The Kier molecular flexibility index (Phi) is 5.22. The summed E-state index contributed by atoms with van der Waals surface area (Å²) in [5, 5.41) is 18.9. The quantitative estimate of drug-likeness (QED) is 0.507. The highest BCUT2D eigenvalue weighted by molar-refractivity contribution is 9.10. The fourth-order valence-corrected chi connectivity index (χ4v) is 3.03. The standard InChI is InChI=1S/C18H15BrN4O4/c1-10-15(17(24)21-13-6-4-12(19)5-7-13)16(22-18(25)20-10)11-2-8-14(9-3-11)23(26)27/h2-9,16H,1H3,(H,21,24)(H2,20,22,25)/t16-/m1/s1. The predicted molar refractivity (Wildman–Crippen MR) is 103 cm³/mol. The Morgan fingerprint density at radius 1 is 1.15 bits per heavy atom. The number of nitrogens with zero attached hydrogens (tertiary/aromatic N) is 1. The van der Waals surface area contributed by atoms with Crippen molar-refractivity contribution in [3.63, 3.8) is 0 Å². The summed E-state index contributed by atoms with van der Waals surface area (Å²) in [6, 6.07) is 11.6. The van der Waals surface area contributed by atoms with Gasteiger partial charge in [-0.3, -0.25) is 14.9 Å². The molecular weight excluding hydrogens is 416 g/mol. The lowest BCUT2D eigenvalue weighted by atomic mass is 9.94. The average Bonchev–Trinajstić information content (AvgIpc) is 2.63. The van der Waals surface area contributed by atoms with Gasteiger partial charge in [0.25, 0.3) is 11.6 Å². The Hall–Kier alpha value is -3.20. The number of halogens is 1. The van der Waals surface area contributed by atoms with Crippen LogP contribution in [0.25, 0.3) is 0 Å². The monoisotopic (exact) mass is 430 g/mol. The molecule has 1 aliphatic heterocycles. The number of anilines is 1. The maximum Gasteiger partial charge on any atom is 0.319 e. The molecule has 0 spiro atoms. The molecule has 2 aromatic rings. The number of amides is 3. The molecule has 3 amide bonds. The predicted octanol–water partition coefficient (Wildman–Crippen LogP) is 3.62. The van der Waals surface area contributed by atoms with E-state index in [1.54, 1.807) is 31.2 Å². The Bertz CT molecular complexity index is 939. The number of benzene rings is 2. The van der Waals surface area contributed by atoms with Crippen LogP contribution in [-0.2, 0) is 4.79 Å². The number of hydrogen-bond donors (Lipinski definition) is 3. The lowest BCUT2D eigenvalue weighted by Gasteiger charge is -2.28. The highest BCUT2D eigenvalue weighted by Gasteiger charge is 2.31. The lowest BCUT2D eigenvalue weighted by molar-refractivity contribution is -0.384. The third-order valence-electron chi connectivity index (χ3n) is 4.05. The zero-order valence-corrected chi connectivity index (χ0v) is 15.7. The second-order valence-corrected chi connectivity index (χ2v) is 6.80. The summed E-state index contributed by atoms with van der Waals surface area (Å²) in [4.78, 5) is 35.1. The summed E-state index contributed by atoms with van der Waals surface area (Å²) in [6.07, 6.45) is 0. The zero-order chi connectivity index (χ0) is 19.6. The number of nitro groups is 1. The molecular formula is C18H15BrN4O4. The molecule has 0 bridgehead atoms. The summed E-state index contributed by atoms with van der Waals surface area (Å²) in [5.74, 6) is -0.384. The van der Waals surface area contributed by atoms with Gasteiger partial charge in [0.15, 0.2) is 0 Å². The van der Waals surface area contributed by atoms with Crippen molar-refractivity contribution in [3.05, 3.63) is 80.0 Å². The van der Waals surface area contributed by atoms with Gasteiger partial charge < -0.3 is 16.0 Å². The molecule has 0 radical (unpaired) electrons. The maximum absolute atomic E-state index is 12.8. The Morgan fingerprint density at radius 2 is 1.78 bits per heavy atom. The van der Waals surface area contributed by atoms with E-state index in [1.807, 2.05) is 0 Å². The van der Waals surface area contributed by atoms with Crippen LogP contribution in [0.3, 0.4) is 0 Å². The van der Waals surface area contributed by atoms with E-state index in [2.05, 4.69) is 31.9 Å². The van der Waals surface area contributed by atoms with E-state index < -0.39 is 17.0 Å². The van der Waals surface area contributed by atoms with E-state index >= 15 is 0 Å². The van der Waals surface area contributed by atoms with Crippen molar-refractivity contribution in [2.75, 3.05) is 5.32 Å². The number of allylic oxidation sites excluding steroid dienone is 1. The molecule has 3 rings (SSSR count). The van der Waals surface area contributed by atoms with Gasteiger partial charge in [-0.15, -0.1) is 0 Å². The minimum Gasteiger partial charge on any atom is -0.327 e. The third kappa shape index (κ3) is 4.14. The molecule has 0 saturated carbocycles. The molecule has 1 heterocycles. The summed E-state index contributed by atoms with van der Waals surface area (Å²) >= 11 is 3.33. The molecule has 0 unspecified atom stereocenters. The maximum atomic E-state index is 12.8. The van der Waals surface area contributed by atoms with Gasteiger partial charge >= 0.3 is 6.03 Å². The van der Waals surface area contributed by atoms with Gasteiger partial charge in [0.2, 0.25) is 0 Å². The van der Waals surface area contributed by atoms with Crippen LogP contribution in [0.4, 0.5) is 16.2 Å². The number of carbonyl (C=O) groups excluding carboxylic acids is 2. The van der Waals surface area contributed by atoms with Crippen LogP contribution < -0.4 is 16.0 Å². The van der Waals surface area contributed by atoms with E-state index in [0.29, 0.717) is 22.5 Å². The zero-order valence-electron chi connectivity index (χ0n) is 14.2. The van der Waals surface area contributed by atoms with Crippen LogP contribution in [0.5, 0.6) is 0 Å². The van der Waals surface area contributed by atoms with Gasteiger partial charge in [0, 0.05) is 28.0 Å². The first-order valence-corrected chi connectivity index (χ1v) is 8.74. The second-order valence-electron chi connectivity index (χ2n) is 5.88. The average molecular weight is 431 g/mol. The van der Waals surface area contributed by atoms with Crippen molar-refractivity contribution in [2.45, 2.75) is 13.0 Å². The number of rotatable bonds is 4. The first kappa shape index (κ1) is 18.6. The van der Waals surface area contributed by atoms with E-state index in [4.69, 9.17) is 0 Å². The van der Waals surface area contributed by atoms with Crippen LogP contribution >= 0.6 is 15.9 Å². The highest BCUT2D eigenvalue weighted by atomic mass is 79.9. The van der Waals surface area contributed by atoms with Crippen molar-refractivity contribution in [1.29, 1.82) is 0 Å². The number of carbonyl (C=O) groups is 2. The molecule has 9 heteroatoms. The van der Waals surface area contributed by atoms with Gasteiger partial charge in [-0.05, 0) is 48.9 Å². The Balaban J connectivity index is 1.92. The first-order chi connectivity index (χ1) is 12.8. The van der Waals surface area contributed by atoms with Gasteiger partial charge in [-0.2, -0.15) is 0 Å². The fourth-order valence-electron chi connectivity index (χ4n) is 2.77. The number of non-ortho nitro benzene ring substituents is 1. The molecule has 0 fully saturated rings. The van der Waals surface area contributed by atoms with Crippen LogP contribution in [0, 0.1) is 10.1 Å². The SMILES string of the molecule is CC1=C(C(=O)Nc2ccc(Br)cc2)[C@@H](c2ccc([N+](=O)[O-])cc2)NC(=O)N1. The number of nitrogens with one attached hydrogen (secondary N) is 3. The van der Waals surface area contributed by atoms with Crippen molar-refractivity contribution in [1.82, 2.24) is 10.6 Å². The molecule has 2 aromatic carbocycles. The molecule has 138 valence electrons. The fraction of sp³-hybridized carbons (Fsp3) is 0.111. The summed E-state index contributed by atoms with van der Waals surface area (Å²) < 4.78 is 0.881. The lowest BCUT2D eigenvalue weighted by Crippen LogP contribution is -2.45. The van der Waals surface area contributed by atoms with Crippen LogP contribution in [0.1, 0.15) is 18.5 Å². The topological polar surface area (TPSA) is 113 Å². The smallest absolute Gasteiger partial charge is 0.319 e. The molecule has 0 saturated heterocycles. The van der Waals surface area contributed by atoms with E-state index in [1.165, 1.54) is 24.3 Å². The van der Waals surface area contributed by atoms with E-state index in [0.717, 1.165) is 4.47 Å². The Morgan fingerprint density at radius 3 is 2.37 bits per heavy atom. The normalized spacial score (nSPS) is 16.4. The van der Waals surface area contributed by atoms with Crippen LogP contribution in [-0.4, -0.2) is 16.9 Å². The van der Waals surface area contributed by atoms with Crippen LogP contribution in [0.2, 0.25) is 0 Å². The van der Waals surface area contributed by atoms with Gasteiger partial charge in [-0.1, -0.05) is 15.9 Å². The third-order valence-corrected chi connectivity index (χ3v) is 4.58. The minimum absolute atomic E-state index is 0.0689. The molecule has 3 N–H and O–H groups in total. The van der Waals surface area contributed by atoms with Gasteiger partial charge in [0.1, 0.15) is 0 Å². The summed E-state index contributed by atoms with van der Waals surface area (Å²) in [7, 11) is 0. The molecule has 0 aromatic heterocycles. The van der Waals surface area contributed by atoms with Crippen molar-refractivity contribution < 1.29 is 14.5 Å². The first-order valence-electron chi connectivity index (χ1n) is 7.94. The Labute approximate surface area is 162 Å². The van der Waals surface area contributed by atoms with Crippen molar-refractivity contribution in [2.24, 2.45) is 0 Å². The van der Waals surface area contributed by atoms with Crippen molar-refractivity contribution >= 4 is 39.2 Å². The van der Waals surface area contributed by atoms with E-state index in [-0.39, 0.29) is 11.6 Å². The van der Waals surface area contributed by atoms with E-state index in [9.17, 15) is 19.7 Å². The van der Waals surface area contributed by atoms with Gasteiger partial charge in [0.05, 0.1) is 16.5 Å². The number of hydrogen-bond acceptors (Lipinski definition) is 4. The van der Waals surface area contributed by atoms with Crippen molar-refractivity contribution in [3.8, 4) is 0 Å². The molecule has 8 nitrogen and oxygen atoms in total. The van der Waals surface area contributed by atoms with Gasteiger partial charge in [-0.25, -0.2) is 4.79 Å². The number of urea groups is 1. The molecule has 27 heavy (non-hydrogen) atoms. The second kappa shape index (κ2) is 7.58. The highest BCUT2D eigenvalue weighted by Crippen LogP contribution is 2.29. The summed E-state index contributed by atoms with van der Waals surface area (Å²) in [6.45, 7) is 1.63. The minimum atomic E-state index is -0.727.